The maximum absolute atomic E-state index is 6.10. The van der Waals surface area contributed by atoms with Crippen molar-refractivity contribution in [1.29, 1.82) is 0 Å². The van der Waals surface area contributed by atoms with Crippen LogP contribution in [0.1, 0.15) is 41.5 Å². The van der Waals surface area contributed by atoms with Gasteiger partial charge in [0.2, 0.25) is 0 Å². The topological polar surface area (TPSA) is 9.23 Å². The zero-order valence-electron chi connectivity index (χ0n) is 9.64. The average molecular weight is 188 g/mol. The third-order valence-electron chi connectivity index (χ3n) is 2.78. The molecule has 0 bridgehead atoms. The zero-order valence-corrected chi connectivity index (χ0v) is 10.6. The van der Waals surface area contributed by atoms with Crippen molar-refractivity contribution in [3.05, 3.63) is 0 Å². The molecule has 74 valence electrons. The molecule has 12 heavy (non-hydrogen) atoms. The lowest BCUT2D eigenvalue weighted by atomic mass is 10.5. The van der Waals surface area contributed by atoms with Gasteiger partial charge in [-0.15, -0.1) is 0 Å². The lowest BCUT2D eigenvalue weighted by Gasteiger charge is -2.36. The lowest BCUT2D eigenvalue weighted by molar-refractivity contribution is 0.218. The number of hydrogen-bond acceptors (Lipinski definition) is 1. The number of rotatable bonds is 4. The van der Waals surface area contributed by atoms with Crippen LogP contribution in [0.5, 0.6) is 0 Å². The van der Waals surface area contributed by atoms with E-state index in [9.17, 15) is 0 Å². The predicted molar refractivity (Wildman–Crippen MR) is 58.0 cm³/mol. The van der Waals surface area contributed by atoms with E-state index in [-0.39, 0.29) is 0 Å². The summed E-state index contributed by atoms with van der Waals surface area (Å²) < 4.78 is 6.10. The van der Waals surface area contributed by atoms with E-state index in [1.54, 1.807) is 0 Å². The smallest absolute Gasteiger partial charge is 0.195 e. The van der Waals surface area contributed by atoms with Crippen molar-refractivity contribution in [2.45, 2.75) is 65.3 Å². The zero-order chi connectivity index (χ0) is 9.94. The Labute approximate surface area is 78.6 Å². The summed E-state index contributed by atoms with van der Waals surface area (Å²) in [6.45, 7) is 15.8. The van der Waals surface area contributed by atoms with Gasteiger partial charge < -0.3 is 4.43 Å². The molecule has 0 amide bonds. The molecule has 0 aromatic rings. The summed E-state index contributed by atoms with van der Waals surface area (Å²) in [5.74, 6) is 0. The Morgan fingerprint density at radius 1 is 0.833 bits per heavy atom. The second-order valence-corrected chi connectivity index (χ2v) is 9.57. The highest BCUT2D eigenvalue weighted by atomic mass is 28.4. The molecule has 0 aliphatic rings. The van der Waals surface area contributed by atoms with Crippen LogP contribution in [0.15, 0.2) is 0 Å². The molecule has 0 fully saturated rings. The van der Waals surface area contributed by atoms with Gasteiger partial charge in [0.05, 0.1) is 0 Å². The predicted octanol–water partition coefficient (Wildman–Crippen LogP) is 3.81. The molecule has 0 heterocycles. The van der Waals surface area contributed by atoms with Crippen LogP contribution in [0, 0.1) is 0 Å². The third-order valence-corrected chi connectivity index (χ3v) is 8.35. The van der Waals surface area contributed by atoms with Crippen LogP contribution in [-0.4, -0.2) is 14.4 Å². The first-order valence-electron chi connectivity index (χ1n) is 4.98. The Hall–Kier alpha value is 0.177. The van der Waals surface area contributed by atoms with Gasteiger partial charge in [-0.25, -0.2) is 0 Å². The fraction of sp³-hybridized carbons (Fsp3) is 1.00. The van der Waals surface area contributed by atoms with Gasteiger partial charge >= 0.3 is 0 Å². The minimum absolute atomic E-state index is 0.381. The molecule has 0 spiro atoms. The third kappa shape index (κ3) is 2.90. The van der Waals surface area contributed by atoms with Gasteiger partial charge in [0.1, 0.15) is 0 Å². The van der Waals surface area contributed by atoms with Crippen LogP contribution in [-0.2, 0) is 4.43 Å². The quantitative estimate of drug-likeness (QED) is 0.610. The Bertz CT molecular complexity index is 122. The van der Waals surface area contributed by atoms with Crippen LogP contribution in [0.25, 0.3) is 0 Å². The minimum atomic E-state index is -1.47. The molecule has 0 aliphatic carbocycles. The van der Waals surface area contributed by atoms with Crippen LogP contribution >= 0.6 is 0 Å². The summed E-state index contributed by atoms with van der Waals surface area (Å²) in [5, 5.41) is 0. The molecule has 0 N–H and O–H groups in total. The molecule has 0 aliphatic heterocycles. The van der Waals surface area contributed by atoms with Crippen LogP contribution in [0.2, 0.25) is 17.6 Å². The van der Waals surface area contributed by atoms with Crippen molar-refractivity contribution in [3.8, 4) is 0 Å². The van der Waals surface area contributed by atoms with E-state index in [2.05, 4.69) is 48.1 Å². The molecular formula is C10H24OSi. The molecule has 0 radical (unpaired) electrons. The highest BCUT2D eigenvalue weighted by Gasteiger charge is 2.37. The van der Waals surface area contributed by atoms with Crippen molar-refractivity contribution in [2.75, 3.05) is 0 Å². The molecule has 0 aromatic carbocycles. The summed E-state index contributed by atoms with van der Waals surface area (Å²) in [7, 11) is -1.47. The largest absolute Gasteiger partial charge is 0.414 e. The van der Waals surface area contributed by atoms with Gasteiger partial charge in [0, 0.05) is 6.10 Å². The molecule has 0 aromatic heterocycles. The van der Waals surface area contributed by atoms with Crippen LogP contribution in [0.4, 0.5) is 0 Å². The molecule has 0 rings (SSSR count). The van der Waals surface area contributed by atoms with E-state index in [0.29, 0.717) is 17.2 Å². The van der Waals surface area contributed by atoms with Gasteiger partial charge in [-0.2, -0.15) is 0 Å². The Morgan fingerprint density at radius 3 is 1.25 bits per heavy atom. The Kier molecular flexibility index (Phi) is 4.49. The number of hydrogen-bond donors (Lipinski definition) is 0. The van der Waals surface area contributed by atoms with Crippen molar-refractivity contribution < 1.29 is 4.43 Å². The van der Waals surface area contributed by atoms with E-state index in [1.807, 2.05) is 0 Å². The lowest BCUT2D eigenvalue weighted by Crippen LogP contribution is -2.43. The van der Waals surface area contributed by atoms with Gasteiger partial charge in [-0.05, 0) is 31.5 Å². The Balaban J connectivity index is 4.40. The van der Waals surface area contributed by atoms with Crippen molar-refractivity contribution >= 4 is 8.32 Å². The summed E-state index contributed by atoms with van der Waals surface area (Å²) >= 11 is 0. The van der Waals surface area contributed by atoms with Gasteiger partial charge in [0.25, 0.3) is 0 Å². The van der Waals surface area contributed by atoms with Crippen molar-refractivity contribution in [3.63, 3.8) is 0 Å². The Morgan fingerprint density at radius 2 is 1.17 bits per heavy atom. The van der Waals surface area contributed by atoms with E-state index in [1.165, 1.54) is 0 Å². The highest BCUT2D eigenvalue weighted by Crippen LogP contribution is 2.33. The van der Waals surface area contributed by atoms with Gasteiger partial charge in [-0.1, -0.05) is 27.7 Å². The van der Waals surface area contributed by atoms with Crippen molar-refractivity contribution in [1.82, 2.24) is 0 Å². The molecule has 0 unspecified atom stereocenters. The fourth-order valence-electron chi connectivity index (χ4n) is 1.45. The summed E-state index contributed by atoms with van der Waals surface area (Å²) in [5.41, 5.74) is 1.42. The second-order valence-electron chi connectivity index (χ2n) is 4.66. The first kappa shape index (κ1) is 12.2. The molecule has 0 atom stereocenters. The van der Waals surface area contributed by atoms with E-state index < -0.39 is 8.32 Å². The summed E-state index contributed by atoms with van der Waals surface area (Å²) in [6, 6.07) is 0. The fourth-order valence-corrected chi connectivity index (χ4v) is 4.34. The second kappa shape index (κ2) is 4.42. The minimum Gasteiger partial charge on any atom is -0.414 e. The normalized spacial score (nSPS) is 13.5. The van der Waals surface area contributed by atoms with Crippen LogP contribution < -0.4 is 0 Å². The average Bonchev–Trinajstić information content (AvgIpc) is 1.84. The molecule has 0 saturated heterocycles. The standard InChI is InChI=1S/C10H24OSi/c1-8(2)11-12(7,9(3)4)10(5)6/h8-10H,1-7H3. The maximum atomic E-state index is 6.10. The van der Waals surface area contributed by atoms with Gasteiger partial charge in [-0.3, -0.25) is 0 Å². The molecule has 0 saturated carbocycles. The first-order valence-corrected chi connectivity index (χ1v) is 7.54. The molecule has 1 nitrogen and oxygen atoms in total. The van der Waals surface area contributed by atoms with Crippen molar-refractivity contribution in [2.24, 2.45) is 0 Å². The molecular weight excluding hydrogens is 164 g/mol. The maximum Gasteiger partial charge on any atom is 0.195 e. The summed E-state index contributed by atoms with van der Waals surface area (Å²) in [4.78, 5) is 0. The first-order chi connectivity index (χ1) is 5.30. The van der Waals surface area contributed by atoms with Crippen LogP contribution in [0.3, 0.4) is 0 Å². The monoisotopic (exact) mass is 188 g/mol. The highest BCUT2D eigenvalue weighted by molar-refractivity contribution is 6.75. The SMILES string of the molecule is CC(C)O[Si](C)(C(C)C)C(C)C. The van der Waals surface area contributed by atoms with E-state index in [0.717, 1.165) is 0 Å². The van der Waals surface area contributed by atoms with E-state index >= 15 is 0 Å². The summed E-state index contributed by atoms with van der Waals surface area (Å²) in [6.07, 6.45) is 0.381. The van der Waals surface area contributed by atoms with E-state index in [4.69, 9.17) is 4.43 Å². The molecule has 2 heteroatoms. The van der Waals surface area contributed by atoms with Gasteiger partial charge in [0.15, 0.2) is 8.32 Å².